The molecule has 1 N–H and O–H groups in total. The Hall–Kier alpha value is -2.82. The Morgan fingerprint density at radius 1 is 1.09 bits per heavy atom. The van der Waals surface area contributed by atoms with Crippen LogP contribution in [0.1, 0.15) is 13.8 Å². The molecule has 1 unspecified atom stereocenters. The molecule has 2 aliphatic rings. The molecule has 0 radical (unpaired) electrons. The maximum absolute atomic E-state index is 13.1. The quantitative estimate of drug-likeness (QED) is 0.656. The third-order valence-corrected chi connectivity index (χ3v) is 7.77. The second-order valence-corrected chi connectivity index (χ2v) is 9.66. The van der Waals surface area contributed by atoms with Gasteiger partial charge in [0.1, 0.15) is 6.61 Å². The first-order valence-electron chi connectivity index (χ1n) is 11.1. The highest BCUT2D eigenvalue weighted by Crippen LogP contribution is 2.33. The first kappa shape index (κ1) is 23.3. The summed E-state index contributed by atoms with van der Waals surface area (Å²) in [6.07, 6.45) is -0.861. The number of morpholine rings is 1. The summed E-state index contributed by atoms with van der Waals surface area (Å²) in [5.74, 6) is 0.675. The molecule has 0 bridgehead atoms. The predicted molar refractivity (Wildman–Crippen MR) is 125 cm³/mol. The highest BCUT2D eigenvalue weighted by Gasteiger charge is 2.30. The van der Waals surface area contributed by atoms with Crippen molar-refractivity contribution in [1.29, 1.82) is 0 Å². The number of benzene rings is 2. The van der Waals surface area contributed by atoms with E-state index in [9.17, 15) is 13.2 Å². The van der Waals surface area contributed by atoms with E-state index in [0.29, 0.717) is 56.6 Å². The Morgan fingerprint density at radius 2 is 1.79 bits per heavy atom. The summed E-state index contributed by atoms with van der Waals surface area (Å²) in [6.45, 7) is 6.77. The van der Waals surface area contributed by atoms with Gasteiger partial charge in [0.05, 0.1) is 29.5 Å². The number of ether oxygens (including phenoxy) is 3. The van der Waals surface area contributed by atoms with E-state index >= 15 is 0 Å². The van der Waals surface area contributed by atoms with Crippen molar-refractivity contribution in [1.82, 2.24) is 4.31 Å². The molecule has 10 heteroatoms. The van der Waals surface area contributed by atoms with Crippen molar-refractivity contribution in [2.75, 3.05) is 56.2 Å². The molecular formula is C23H29N3O6S. The molecule has 178 valence electrons. The van der Waals surface area contributed by atoms with Crippen LogP contribution >= 0.6 is 0 Å². The number of fused-ring (bicyclic) bond motifs is 1. The molecule has 4 rings (SSSR count). The first-order valence-corrected chi connectivity index (χ1v) is 12.5. The largest absolute Gasteiger partial charge is 0.485 e. The lowest BCUT2D eigenvalue weighted by molar-refractivity contribution is -0.125. The van der Waals surface area contributed by atoms with Gasteiger partial charge in [-0.3, -0.25) is 4.79 Å². The SMILES string of the molecule is CCN(CC)S(=O)(=O)c1ccc(N2CCOCC2)c(NC(=O)C2COc3ccccc3O2)c1. The number of rotatable bonds is 7. The summed E-state index contributed by atoms with van der Waals surface area (Å²) in [5.41, 5.74) is 1.15. The summed E-state index contributed by atoms with van der Waals surface area (Å²) in [5, 5.41) is 2.89. The monoisotopic (exact) mass is 475 g/mol. The molecule has 2 aliphatic heterocycles. The number of para-hydroxylation sites is 2. The Balaban J connectivity index is 1.63. The van der Waals surface area contributed by atoms with E-state index in [-0.39, 0.29) is 11.5 Å². The van der Waals surface area contributed by atoms with Gasteiger partial charge < -0.3 is 24.4 Å². The molecule has 1 fully saturated rings. The average molecular weight is 476 g/mol. The van der Waals surface area contributed by atoms with Crippen molar-refractivity contribution in [3.8, 4) is 11.5 Å². The number of carbonyl (C=O) groups is 1. The summed E-state index contributed by atoms with van der Waals surface area (Å²) in [6, 6.07) is 12.0. The number of amides is 1. The molecule has 0 aliphatic carbocycles. The molecule has 9 nitrogen and oxygen atoms in total. The molecule has 0 spiro atoms. The van der Waals surface area contributed by atoms with E-state index < -0.39 is 22.0 Å². The number of nitrogens with zero attached hydrogens (tertiary/aromatic N) is 2. The lowest BCUT2D eigenvalue weighted by atomic mass is 10.2. The van der Waals surface area contributed by atoms with E-state index in [2.05, 4.69) is 10.2 Å². The smallest absolute Gasteiger partial charge is 0.269 e. The molecule has 1 amide bonds. The maximum atomic E-state index is 13.1. The highest BCUT2D eigenvalue weighted by atomic mass is 32.2. The minimum atomic E-state index is -3.69. The Labute approximate surface area is 194 Å². The fraction of sp³-hybridized carbons (Fsp3) is 0.435. The lowest BCUT2D eigenvalue weighted by Crippen LogP contribution is -2.41. The van der Waals surface area contributed by atoms with Crippen LogP contribution in [-0.2, 0) is 19.6 Å². The zero-order chi connectivity index (χ0) is 23.4. The summed E-state index contributed by atoms with van der Waals surface area (Å²) in [4.78, 5) is 15.3. The van der Waals surface area contributed by atoms with Gasteiger partial charge in [-0.2, -0.15) is 4.31 Å². The molecule has 2 heterocycles. The van der Waals surface area contributed by atoms with Gasteiger partial charge in [-0.1, -0.05) is 26.0 Å². The minimum Gasteiger partial charge on any atom is -0.485 e. The van der Waals surface area contributed by atoms with Crippen LogP contribution in [-0.4, -0.2) is 70.7 Å². The van der Waals surface area contributed by atoms with Crippen LogP contribution in [0.25, 0.3) is 0 Å². The number of carbonyl (C=O) groups excluding carboxylic acids is 1. The predicted octanol–water partition coefficient (Wildman–Crippen LogP) is 2.33. The van der Waals surface area contributed by atoms with Gasteiger partial charge in [0.25, 0.3) is 5.91 Å². The van der Waals surface area contributed by atoms with Crippen molar-refractivity contribution in [2.24, 2.45) is 0 Å². The molecular weight excluding hydrogens is 446 g/mol. The van der Waals surface area contributed by atoms with E-state index in [1.54, 1.807) is 44.2 Å². The standard InChI is InChI=1S/C23H29N3O6S/c1-3-26(4-2)33(28,29)17-9-10-19(25-11-13-30-14-12-25)18(15-17)24-23(27)22-16-31-20-7-5-6-8-21(20)32-22/h5-10,15,22H,3-4,11-14,16H2,1-2H3,(H,24,27). The second kappa shape index (κ2) is 9.98. The third kappa shape index (κ3) is 4.92. The topological polar surface area (TPSA) is 97.4 Å². The van der Waals surface area contributed by atoms with Crippen LogP contribution in [0.2, 0.25) is 0 Å². The van der Waals surface area contributed by atoms with E-state index in [1.165, 1.54) is 10.4 Å². The van der Waals surface area contributed by atoms with Crippen molar-refractivity contribution >= 4 is 27.3 Å². The van der Waals surface area contributed by atoms with Gasteiger partial charge in [0, 0.05) is 26.2 Å². The van der Waals surface area contributed by atoms with E-state index in [4.69, 9.17) is 14.2 Å². The van der Waals surface area contributed by atoms with Crippen molar-refractivity contribution in [3.63, 3.8) is 0 Å². The summed E-state index contributed by atoms with van der Waals surface area (Å²) in [7, 11) is -3.69. The van der Waals surface area contributed by atoms with Crippen LogP contribution < -0.4 is 19.7 Å². The van der Waals surface area contributed by atoms with Crippen LogP contribution in [0, 0.1) is 0 Å². The average Bonchev–Trinajstić information content (AvgIpc) is 2.84. The minimum absolute atomic E-state index is 0.0627. The molecule has 33 heavy (non-hydrogen) atoms. The van der Waals surface area contributed by atoms with Gasteiger partial charge in [-0.15, -0.1) is 0 Å². The molecule has 1 atom stereocenters. The fourth-order valence-electron chi connectivity index (χ4n) is 3.93. The molecule has 1 saturated heterocycles. The number of hydrogen-bond acceptors (Lipinski definition) is 7. The van der Waals surface area contributed by atoms with Crippen LogP contribution in [0.15, 0.2) is 47.4 Å². The van der Waals surface area contributed by atoms with Gasteiger partial charge in [0.2, 0.25) is 16.1 Å². The summed E-state index contributed by atoms with van der Waals surface area (Å²) >= 11 is 0. The Kier molecular flexibility index (Phi) is 7.06. The summed E-state index contributed by atoms with van der Waals surface area (Å²) < 4.78 is 44.5. The van der Waals surface area contributed by atoms with Gasteiger partial charge in [-0.25, -0.2) is 8.42 Å². The third-order valence-electron chi connectivity index (χ3n) is 5.72. The molecule has 0 saturated carbocycles. The van der Waals surface area contributed by atoms with E-state index in [0.717, 1.165) is 5.69 Å². The van der Waals surface area contributed by atoms with Crippen molar-refractivity contribution in [2.45, 2.75) is 24.8 Å². The maximum Gasteiger partial charge on any atom is 0.269 e. The Morgan fingerprint density at radius 3 is 2.48 bits per heavy atom. The highest BCUT2D eigenvalue weighted by molar-refractivity contribution is 7.89. The number of nitrogens with one attached hydrogen (secondary N) is 1. The number of anilines is 2. The molecule has 0 aromatic heterocycles. The van der Waals surface area contributed by atoms with Crippen LogP contribution in [0.5, 0.6) is 11.5 Å². The van der Waals surface area contributed by atoms with Gasteiger partial charge in [0.15, 0.2) is 11.5 Å². The first-order chi connectivity index (χ1) is 15.9. The van der Waals surface area contributed by atoms with E-state index in [1.807, 2.05) is 6.07 Å². The number of hydrogen-bond donors (Lipinski definition) is 1. The van der Waals surface area contributed by atoms with Crippen LogP contribution in [0.4, 0.5) is 11.4 Å². The zero-order valence-corrected chi connectivity index (χ0v) is 19.6. The molecule has 2 aromatic carbocycles. The van der Waals surface area contributed by atoms with Crippen molar-refractivity contribution < 1.29 is 27.4 Å². The van der Waals surface area contributed by atoms with Gasteiger partial charge in [-0.05, 0) is 30.3 Å². The zero-order valence-electron chi connectivity index (χ0n) is 18.8. The molecule has 2 aromatic rings. The van der Waals surface area contributed by atoms with Gasteiger partial charge >= 0.3 is 0 Å². The lowest BCUT2D eigenvalue weighted by Gasteiger charge is -2.31. The number of sulfonamides is 1. The Bertz CT molecular complexity index is 1100. The fourth-order valence-corrected chi connectivity index (χ4v) is 5.42. The normalized spacial score (nSPS) is 18.3. The van der Waals surface area contributed by atoms with Crippen LogP contribution in [0.3, 0.4) is 0 Å². The van der Waals surface area contributed by atoms with Crippen molar-refractivity contribution in [3.05, 3.63) is 42.5 Å². The second-order valence-electron chi connectivity index (χ2n) is 7.72.